The van der Waals surface area contributed by atoms with Crippen LogP contribution in [-0.4, -0.2) is 20.6 Å². The summed E-state index contributed by atoms with van der Waals surface area (Å²) < 4.78 is 42.5. The van der Waals surface area contributed by atoms with E-state index in [4.69, 9.17) is 0 Å². The van der Waals surface area contributed by atoms with E-state index in [2.05, 4.69) is 20.6 Å². The first kappa shape index (κ1) is 22.1. The number of aromatic nitrogens is 3. The maximum Gasteiger partial charge on any atom is 0.418 e. The van der Waals surface area contributed by atoms with Gasteiger partial charge in [0.25, 0.3) is 5.56 Å². The minimum Gasteiger partial charge on any atom is -0.334 e. The Kier molecular flexibility index (Phi) is 5.67. The number of hydrogen-bond acceptors (Lipinski definition) is 3. The summed E-state index contributed by atoms with van der Waals surface area (Å²) in [5, 5.41) is 5.37. The SMILES string of the molecule is Cc1ccc(NC(=O)NCc2ccn(-c3cc4nc(C)c(=O)[nH]c4cc3C(F)(F)F)c2)cc1. The first-order valence-corrected chi connectivity index (χ1v) is 10.0. The summed E-state index contributed by atoms with van der Waals surface area (Å²) in [7, 11) is 0. The largest absolute Gasteiger partial charge is 0.418 e. The first-order valence-electron chi connectivity index (χ1n) is 10.0. The molecule has 4 rings (SSSR count). The van der Waals surface area contributed by atoms with Crippen LogP contribution in [0.3, 0.4) is 0 Å². The third-order valence-corrected chi connectivity index (χ3v) is 5.08. The van der Waals surface area contributed by atoms with Crippen molar-refractivity contribution in [3.63, 3.8) is 0 Å². The standard InChI is InChI=1S/C23H20F3N5O2/c1-13-3-5-16(6-4-13)29-22(33)27-11-15-7-8-31(12-15)20-10-19-18(9-17(20)23(24,25)26)30-21(32)14(2)28-19/h3-10,12H,11H2,1-2H3,(H,30,32)(H2,27,29,33). The van der Waals surface area contributed by atoms with Crippen LogP contribution in [0.15, 0.2) is 59.7 Å². The second kappa shape index (κ2) is 8.45. The molecule has 2 aromatic carbocycles. The molecule has 0 unspecified atom stereocenters. The average Bonchev–Trinajstić information content (AvgIpc) is 3.22. The van der Waals surface area contributed by atoms with Crippen LogP contribution in [0, 0.1) is 13.8 Å². The maximum atomic E-state index is 13.7. The minimum atomic E-state index is -4.65. The first-order chi connectivity index (χ1) is 15.6. The Morgan fingerprint density at radius 3 is 2.55 bits per heavy atom. The van der Waals surface area contributed by atoms with Crippen molar-refractivity contribution >= 4 is 22.8 Å². The topological polar surface area (TPSA) is 91.8 Å². The molecule has 0 aliphatic heterocycles. The number of carbonyl (C=O) groups excluding carboxylic acids is 1. The van der Waals surface area contributed by atoms with Crippen LogP contribution in [0.25, 0.3) is 16.7 Å². The molecule has 0 spiro atoms. The Balaban J connectivity index is 1.57. The van der Waals surface area contributed by atoms with Gasteiger partial charge in [-0.25, -0.2) is 9.78 Å². The van der Waals surface area contributed by atoms with Gasteiger partial charge in [0, 0.05) is 24.6 Å². The molecule has 0 fully saturated rings. The van der Waals surface area contributed by atoms with E-state index in [1.54, 1.807) is 18.2 Å². The third kappa shape index (κ3) is 4.89. The zero-order chi connectivity index (χ0) is 23.8. The second-order valence-electron chi connectivity index (χ2n) is 7.64. The van der Waals surface area contributed by atoms with Gasteiger partial charge >= 0.3 is 12.2 Å². The predicted octanol–water partition coefficient (Wildman–Crippen LogP) is 4.67. The van der Waals surface area contributed by atoms with Gasteiger partial charge < -0.3 is 20.2 Å². The molecule has 170 valence electrons. The maximum absolute atomic E-state index is 13.7. The highest BCUT2D eigenvalue weighted by atomic mass is 19.4. The summed E-state index contributed by atoms with van der Waals surface area (Å²) in [5.41, 5.74) is 1.10. The summed E-state index contributed by atoms with van der Waals surface area (Å²) in [6.07, 6.45) is -1.67. The lowest BCUT2D eigenvalue weighted by molar-refractivity contribution is -0.137. The number of carbonyl (C=O) groups is 1. The lowest BCUT2D eigenvalue weighted by Crippen LogP contribution is -2.28. The van der Waals surface area contributed by atoms with Gasteiger partial charge in [0.2, 0.25) is 0 Å². The van der Waals surface area contributed by atoms with E-state index in [0.717, 1.165) is 11.6 Å². The summed E-state index contributed by atoms with van der Waals surface area (Å²) in [5.74, 6) is 0. The molecule has 4 aromatic rings. The van der Waals surface area contributed by atoms with E-state index in [0.29, 0.717) is 11.3 Å². The van der Waals surface area contributed by atoms with Gasteiger partial charge in [-0.05, 0) is 49.7 Å². The van der Waals surface area contributed by atoms with Gasteiger partial charge in [0.05, 0.1) is 22.3 Å². The van der Waals surface area contributed by atoms with Gasteiger partial charge in [0.15, 0.2) is 0 Å². The molecule has 0 saturated carbocycles. The number of halogens is 3. The highest BCUT2D eigenvalue weighted by Gasteiger charge is 2.34. The highest BCUT2D eigenvalue weighted by Crippen LogP contribution is 2.36. The monoisotopic (exact) mass is 455 g/mol. The van der Waals surface area contributed by atoms with Crippen LogP contribution >= 0.6 is 0 Å². The molecule has 0 radical (unpaired) electrons. The molecule has 2 aromatic heterocycles. The number of hydrogen-bond donors (Lipinski definition) is 3. The van der Waals surface area contributed by atoms with Crippen LogP contribution in [0.4, 0.5) is 23.7 Å². The summed E-state index contributed by atoms with van der Waals surface area (Å²) in [6, 6.07) is 10.6. The Bertz CT molecular complexity index is 1390. The van der Waals surface area contributed by atoms with Crippen molar-refractivity contribution in [1.82, 2.24) is 19.9 Å². The minimum absolute atomic E-state index is 0.00324. The molecule has 0 aliphatic carbocycles. The number of nitrogens with one attached hydrogen (secondary N) is 3. The normalized spacial score (nSPS) is 11.5. The van der Waals surface area contributed by atoms with Gasteiger partial charge in [-0.2, -0.15) is 13.2 Å². The van der Waals surface area contributed by atoms with Crippen LogP contribution in [0.2, 0.25) is 0 Å². The Labute approximate surface area is 186 Å². The zero-order valence-electron chi connectivity index (χ0n) is 17.7. The van der Waals surface area contributed by atoms with E-state index in [1.165, 1.54) is 30.0 Å². The molecule has 33 heavy (non-hydrogen) atoms. The number of alkyl halides is 3. The van der Waals surface area contributed by atoms with Crippen LogP contribution in [-0.2, 0) is 12.7 Å². The number of amides is 2. The smallest absolute Gasteiger partial charge is 0.334 e. The number of aromatic amines is 1. The lowest BCUT2D eigenvalue weighted by Gasteiger charge is -2.15. The molecule has 10 heteroatoms. The number of nitrogens with zero attached hydrogens (tertiary/aromatic N) is 2. The van der Waals surface area contributed by atoms with Crippen molar-refractivity contribution in [1.29, 1.82) is 0 Å². The Hall–Kier alpha value is -4.08. The Morgan fingerprint density at radius 1 is 1.12 bits per heavy atom. The highest BCUT2D eigenvalue weighted by molar-refractivity contribution is 5.89. The van der Waals surface area contributed by atoms with Crippen LogP contribution in [0.1, 0.15) is 22.4 Å². The molecule has 0 saturated heterocycles. The van der Waals surface area contributed by atoms with Crippen molar-refractivity contribution in [2.45, 2.75) is 26.6 Å². The summed E-state index contributed by atoms with van der Waals surface area (Å²) in [4.78, 5) is 30.4. The number of aryl methyl sites for hydroxylation is 2. The van der Waals surface area contributed by atoms with E-state index in [1.807, 2.05) is 19.1 Å². The predicted molar refractivity (Wildman–Crippen MR) is 118 cm³/mol. The van der Waals surface area contributed by atoms with E-state index >= 15 is 0 Å². The Morgan fingerprint density at radius 2 is 1.85 bits per heavy atom. The van der Waals surface area contributed by atoms with Crippen molar-refractivity contribution < 1.29 is 18.0 Å². The summed E-state index contributed by atoms with van der Waals surface area (Å²) >= 11 is 0. The van der Waals surface area contributed by atoms with Crippen molar-refractivity contribution in [3.8, 4) is 5.69 Å². The molecule has 2 amide bonds. The van der Waals surface area contributed by atoms with Gasteiger partial charge in [-0.15, -0.1) is 0 Å². The molecule has 2 heterocycles. The van der Waals surface area contributed by atoms with Crippen LogP contribution < -0.4 is 16.2 Å². The number of anilines is 1. The zero-order valence-corrected chi connectivity index (χ0v) is 17.7. The number of benzene rings is 2. The van der Waals surface area contributed by atoms with Crippen LogP contribution in [0.5, 0.6) is 0 Å². The average molecular weight is 455 g/mol. The fourth-order valence-electron chi connectivity index (χ4n) is 3.34. The quantitative estimate of drug-likeness (QED) is 0.418. The van der Waals surface area contributed by atoms with E-state index < -0.39 is 23.3 Å². The van der Waals surface area contributed by atoms with Crippen molar-refractivity contribution in [2.24, 2.45) is 0 Å². The fraction of sp³-hybridized carbons (Fsp3) is 0.174. The molecule has 0 bridgehead atoms. The molecular weight excluding hydrogens is 435 g/mol. The van der Waals surface area contributed by atoms with Crippen molar-refractivity contribution in [2.75, 3.05) is 5.32 Å². The lowest BCUT2D eigenvalue weighted by atomic mass is 10.1. The second-order valence-corrected chi connectivity index (χ2v) is 7.64. The van der Waals surface area contributed by atoms with Gasteiger partial charge in [-0.3, -0.25) is 4.79 Å². The molecular formula is C23H20F3N5O2. The van der Waals surface area contributed by atoms with E-state index in [9.17, 15) is 22.8 Å². The molecule has 7 nitrogen and oxygen atoms in total. The van der Waals surface area contributed by atoms with Crippen molar-refractivity contribution in [3.05, 3.63) is 87.6 Å². The molecule has 3 N–H and O–H groups in total. The third-order valence-electron chi connectivity index (χ3n) is 5.08. The molecule has 0 aliphatic rings. The number of H-pyrrole nitrogens is 1. The fourth-order valence-corrected chi connectivity index (χ4v) is 3.34. The number of fused-ring (bicyclic) bond motifs is 1. The van der Waals surface area contributed by atoms with Gasteiger partial charge in [0.1, 0.15) is 5.69 Å². The number of rotatable bonds is 4. The number of urea groups is 1. The van der Waals surface area contributed by atoms with E-state index in [-0.39, 0.29) is 29.0 Å². The summed E-state index contributed by atoms with van der Waals surface area (Å²) in [6.45, 7) is 3.53. The molecule has 0 atom stereocenters. The van der Waals surface area contributed by atoms with Gasteiger partial charge in [-0.1, -0.05) is 17.7 Å².